The summed E-state index contributed by atoms with van der Waals surface area (Å²) in [6, 6.07) is 0. The van der Waals surface area contributed by atoms with E-state index in [1.54, 1.807) is 13.0 Å². The molecule has 18 heavy (non-hydrogen) atoms. The number of Topliss-reactive ketones (excluding diaryl/α,β-unsaturated/α-hetero) is 1. The summed E-state index contributed by atoms with van der Waals surface area (Å²) in [6.45, 7) is 13.3. The van der Waals surface area contributed by atoms with Gasteiger partial charge in [0.05, 0.1) is 0 Å². The van der Waals surface area contributed by atoms with Gasteiger partial charge in [0, 0.05) is 17.7 Å². The number of ketones is 1. The highest BCUT2D eigenvalue weighted by molar-refractivity contribution is 6.01. The van der Waals surface area contributed by atoms with Gasteiger partial charge in [0.2, 0.25) is 0 Å². The molecule has 2 nitrogen and oxygen atoms in total. The van der Waals surface area contributed by atoms with Gasteiger partial charge in [-0.25, -0.2) is 0 Å². The summed E-state index contributed by atoms with van der Waals surface area (Å²) in [5.41, 5.74) is 8.38. The SMILES string of the molecule is C=C/C=C(\C=C/C)C(=C)/C(C(=O)CCC)=C(/C)N. The average Bonchev–Trinajstić information content (AvgIpc) is 2.28. The Balaban J connectivity index is 5.48. The minimum Gasteiger partial charge on any atom is -0.402 e. The quantitative estimate of drug-likeness (QED) is 0.547. The van der Waals surface area contributed by atoms with Crippen molar-refractivity contribution in [2.75, 3.05) is 0 Å². The molecule has 0 fully saturated rings. The number of allylic oxidation sites excluding steroid dienone is 8. The molecule has 0 unspecified atom stereocenters. The Morgan fingerprint density at radius 2 is 2.00 bits per heavy atom. The fourth-order valence-corrected chi connectivity index (χ4v) is 1.69. The molecule has 0 aliphatic rings. The van der Waals surface area contributed by atoms with Gasteiger partial charge in [-0.05, 0) is 31.4 Å². The van der Waals surface area contributed by atoms with Gasteiger partial charge >= 0.3 is 0 Å². The Morgan fingerprint density at radius 1 is 1.39 bits per heavy atom. The van der Waals surface area contributed by atoms with Crippen molar-refractivity contribution in [1.82, 2.24) is 0 Å². The first-order valence-corrected chi connectivity index (χ1v) is 6.14. The monoisotopic (exact) mass is 245 g/mol. The van der Waals surface area contributed by atoms with Crippen LogP contribution in [0.5, 0.6) is 0 Å². The van der Waals surface area contributed by atoms with Crippen LogP contribution in [0.2, 0.25) is 0 Å². The summed E-state index contributed by atoms with van der Waals surface area (Å²) in [5.74, 6) is 0.0435. The molecule has 2 heteroatoms. The number of carbonyl (C=O) groups excluding carboxylic acids is 1. The van der Waals surface area contributed by atoms with E-state index < -0.39 is 0 Å². The van der Waals surface area contributed by atoms with E-state index in [1.165, 1.54) is 0 Å². The number of nitrogens with two attached hydrogens (primary N) is 1. The minimum atomic E-state index is 0.0435. The van der Waals surface area contributed by atoms with Gasteiger partial charge in [0.15, 0.2) is 5.78 Å². The smallest absolute Gasteiger partial charge is 0.165 e. The summed E-state index contributed by atoms with van der Waals surface area (Å²) < 4.78 is 0. The van der Waals surface area contributed by atoms with Crippen LogP contribution in [-0.4, -0.2) is 5.78 Å². The molecule has 0 aliphatic heterocycles. The first-order valence-electron chi connectivity index (χ1n) is 6.14. The van der Waals surface area contributed by atoms with E-state index in [0.717, 1.165) is 12.0 Å². The second-order valence-corrected chi connectivity index (χ2v) is 4.07. The number of hydrogen-bond acceptors (Lipinski definition) is 2. The summed E-state index contributed by atoms with van der Waals surface area (Å²) in [4.78, 5) is 12.1. The fourth-order valence-electron chi connectivity index (χ4n) is 1.69. The fraction of sp³-hybridized carbons (Fsp3) is 0.312. The highest BCUT2D eigenvalue weighted by Gasteiger charge is 2.16. The van der Waals surface area contributed by atoms with Gasteiger partial charge in [0.1, 0.15) is 0 Å². The van der Waals surface area contributed by atoms with E-state index in [0.29, 0.717) is 23.3 Å². The Kier molecular flexibility index (Phi) is 7.45. The lowest BCUT2D eigenvalue weighted by Gasteiger charge is -2.12. The van der Waals surface area contributed by atoms with Crippen LogP contribution < -0.4 is 5.73 Å². The van der Waals surface area contributed by atoms with E-state index in [4.69, 9.17) is 5.73 Å². The van der Waals surface area contributed by atoms with E-state index in [-0.39, 0.29) is 5.78 Å². The Hall–Kier alpha value is -1.83. The molecule has 0 saturated heterocycles. The van der Waals surface area contributed by atoms with Gasteiger partial charge in [-0.1, -0.05) is 44.4 Å². The lowest BCUT2D eigenvalue weighted by Crippen LogP contribution is -2.11. The largest absolute Gasteiger partial charge is 0.402 e. The second kappa shape index (κ2) is 8.29. The standard InChI is InChI=1S/C16H23NO/c1-6-9-14(10-7-2)12(4)16(13(5)17)15(18)11-8-3/h6-7,9-10H,1,4,8,11,17H2,2-3,5H3/b10-7-,14-9+,16-13+. The predicted molar refractivity (Wildman–Crippen MR) is 79.0 cm³/mol. The molecule has 2 N–H and O–H groups in total. The summed E-state index contributed by atoms with van der Waals surface area (Å²) >= 11 is 0. The maximum Gasteiger partial charge on any atom is 0.165 e. The van der Waals surface area contributed by atoms with Crippen LogP contribution in [0, 0.1) is 0 Å². The molecule has 0 amide bonds. The van der Waals surface area contributed by atoms with E-state index >= 15 is 0 Å². The highest BCUT2D eigenvalue weighted by atomic mass is 16.1. The van der Waals surface area contributed by atoms with Crippen molar-refractivity contribution in [1.29, 1.82) is 0 Å². The van der Waals surface area contributed by atoms with Gasteiger partial charge in [0.25, 0.3) is 0 Å². The maximum absolute atomic E-state index is 12.1. The molecule has 0 radical (unpaired) electrons. The van der Waals surface area contributed by atoms with Crippen LogP contribution in [0.3, 0.4) is 0 Å². The summed E-state index contributed by atoms with van der Waals surface area (Å²) in [6.07, 6.45) is 8.58. The van der Waals surface area contributed by atoms with Crippen LogP contribution in [0.4, 0.5) is 0 Å². The lowest BCUT2D eigenvalue weighted by atomic mass is 9.92. The minimum absolute atomic E-state index is 0.0435. The van der Waals surface area contributed by atoms with Gasteiger partial charge in [-0.2, -0.15) is 0 Å². The van der Waals surface area contributed by atoms with Crippen molar-refractivity contribution in [3.8, 4) is 0 Å². The number of carbonyl (C=O) groups is 1. The summed E-state index contributed by atoms with van der Waals surface area (Å²) in [7, 11) is 0. The van der Waals surface area contributed by atoms with Gasteiger partial charge < -0.3 is 5.73 Å². The third-order valence-electron chi connectivity index (χ3n) is 2.44. The molecule has 0 bridgehead atoms. The Labute approximate surface area is 110 Å². The first kappa shape index (κ1) is 16.2. The van der Waals surface area contributed by atoms with Crippen molar-refractivity contribution in [3.05, 3.63) is 59.9 Å². The normalized spacial score (nSPS) is 13.4. The van der Waals surface area contributed by atoms with Crippen molar-refractivity contribution in [2.45, 2.75) is 33.6 Å². The number of rotatable bonds is 7. The molecular formula is C16H23NO. The Morgan fingerprint density at radius 3 is 2.39 bits per heavy atom. The average molecular weight is 245 g/mol. The molecule has 0 heterocycles. The molecule has 0 aliphatic carbocycles. The van der Waals surface area contributed by atoms with Gasteiger partial charge in [-0.15, -0.1) is 0 Å². The molecule has 0 aromatic rings. The molecule has 0 rings (SSSR count). The Bertz CT molecular complexity index is 418. The lowest BCUT2D eigenvalue weighted by molar-refractivity contribution is -0.115. The van der Waals surface area contributed by atoms with E-state index in [9.17, 15) is 4.79 Å². The third kappa shape index (κ3) is 4.58. The molecule has 0 saturated carbocycles. The highest BCUT2D eigenvalue weighted by Crippen LogP contribution is 2.23. The topological polar surface area (TPSA) is 43.1 Å². The molecule has 0 spiro atoms. The summed E-state index contributed by atoms with van der Waals surface area (Å²) in [5, 5.41) is 0. The zero-order chi connectivity index (χ0) is 14.1. The zero-order valence-corrected chi connectivity index (χ0v) is 11.6. The van der Waals surface area contributed by atoms with Crippen LogP contribution >= 0.6 is 0 Å². The molecule has 98 valence electrons. The number of hydrogen-bond donors (Lipinski definition) is 1. The van der Waals surface area contributed by atoms with Crippen LogP contribution in [0.1, 0.15) is 33.6 Å². The van der Waals surface area contributed by atoms with Crippen molar-refractivity contribution in [2.24, 2.45) is 5.73 Å². The zero-order valence-electron chi connectivity index (χ0n) is 11.6. The third-order valence-corrected chi connectivity index (χ3v) is 2.44. The van der Waals surface area contributed by atoms with E-state index in [1.807, 2.05) is 32.1 Å². The van der Waals surface area contributed by atoms with Crippen molar-refractivity contribution in [3.63, 3.8) is 0 Å². The van der Waals surface area contributed by atoms with Crippen molar-refractivity contribution >= 4 is 5.78 Å². The predicted octanol–water partition coefficient (Wildman–Crippen LogP) is 3.83. The first-order chi connectivity index (χ1) is 8.49. The molecule has 0 aromatic carbocycles. The second-order valence-electron chi connectivity index (χ2n) is 4.07. The van der Waals surface area contributed by atoms with Gasteiger partial charge in [-0.3, -0.25) is 4.79 Å². The van der Waals surface area contributed by atoms with Crippen LogP contribution in [0.15, 0.2) is 59.9 Å². The molecule has 0 aromatic heterocycles. The molecular weight excluding hydrogens is 222 g/mol. The van der Waals surface area contributed by atoms with Crippen molar-refractivity contribution < 1.29 is 4.79 Å². The van der Waals surface area contributed by atoms with E-state index in [2.05, 4.69) is 13.2 Å². The van der Waals surface area contributed by atoms with Crippen LogP contribution in [0.25, 0.3) is 0 Å². The molecule has 0 atom stereocenters. The van der Waals surface area contributed by atoms with Crippen LogP contribution in [-0.2, 0) is 4.79 Å². The maximum atomic E-state index is 12.1.